The van der Waals surface area contributed by atoms with Crippen LogP contribution in [0.2, 0.25) is 10.0 Å². The molecule has 0 radical (unpaired) electrons. The Bertz CT molecular complexity index is 1760. The van der Waals surface area contributed by atoms with Crippen molar-refractivity contribution in [1.82, 2.24) is 10.2 Å². The van der Waals surface area contributed by atoms with Crippen LogP contribution in [0.4, 0.5) is 10.8 Å². The topological polar surface area (TPSA) is 105 Å². The fourth-order valence-corrected chi connectivity index (χ4v) is 7.21. The van der Waals surface area contributed by atoms with Gasteiger partial charge in [0.1, 0.15) is 19.0 Å². The molecule has 1 unspecified atom stereocenters. The standard InChI is InChI=1S/C30H24Cl2N4O5S2/c1-35(2)20-8-4-16(5-9-20)25-24(26(37)17-6-10-22-23(13-17)41-12-11-40-22)27(38)28(39)36(25)29-33-34-30(43-29)42-15-18-3-7-19(31)14-21(18)32/h3-10,13-14,25,37H,11-12,15H2,1-2H3. The van der Waals surface area contributed by atoms with E-state index in [0.717, 1.165) is 11.3 Å². The molecule has 4 aromatic rings. The van der Waals surface area contributed by atoms with E-state index in [1.807, 2.05) is 49.3 Å². The minimum absolute atomic E-state index is 0.0587. The van der Waals surface area contributed by atoms with E-state index < -0.39 is 17.7 Å². The summed E-state index contributed by atoms with van der Waals surface area (Å²) in [5, 5.41) is 21.4. The molecule has 0 bridgehead atoms. The number of amides is 1. The third-order valence-corrected chi connectivity index (χ3v) is 9.65. The lowest BCUT2D eigenvalue weighted by molar-refractivity contribution is -0.132. The maximum Gasteiger partial charge on any atom is 0.301 e. The lowest BCUT2D eigenvalue weighted by Crippen LogP contribution is -2.29. The first-order valence-corrected chi connectivity index (χ1v) is 15.7. The molecule has 0 saturated carbocycles. The lowest BCUT2D eigenvalue weighted by Gasteiger charge is -2.23. The average molecular weight is 656 g/mol. The first-order valence-electron chi connectivity index (χ1n) is 13.1. The fraction of sp³-hybridized carbons (Fsp3) is 0.200. The number of ether oxygens (including phenoxy) is 2. The molecule has 1 aromatic heterocycles. The molecule has 220 valence electrons. The van der Waals surface area contributed by atoms with Crippen molar-refractivity contribution < 1.29 is 24.2 Å². The van der Waals surface area contributed by atoms with E-state index >= 15 is 0 Å². The molecule has 3 aromatic carbocycles. The van der Waals surface area contributed by atoms with E-state index in [2.05, 4.69) is 10.2 Å². The lowest BCUT2D eigenvalue weighted by atomic mass is 9.95. The van der Waals surface area contributed by atoms with E-state index in [1.54, 1.807) is 30.3 Å². The fourth-order valence-electron chi connectivity index (χ4n) is 4.78. The van der Waals surface area contributed by atoms with Crippen molar-refractivity contribution in [2.75, 3.05) is 37.1 Å². The smallest absolute Gasteiger partial charge is 0.301 e. The molecule has 1 saturated heterocycles. The summed E-state index contributed by atoms with van der Waals surface area (Å²) in [6, 6.07) is 16.7. The van der Waals surface area contributed by atoms with Gasteiger partial charge in [-0.15, -0.1) is 10.2 Å². The van der Waals surface area contributed by atoms with Gasteiger partial charge in [-0.2, -0.15) is 0 Å². The Morgan fingerprint density at radius 1 is 1.02 bits per heavy atom. The second-order valence-corrected chi connectivity index (χ2v) is 12.9. The number of benzene rings is 3. The van der Waals surface area contributed by atoms with Crippen LogP contribution in [0.15, 0.2) is 70.6 Å². The molecule has 2 aliphatic rings. The summed E-state index contributed by atoms with van der Waals surface area (Å²) in [5.41, 5.74) is 2.69. The van der Waals surface area contributed by atoms with Gasteiger partial charge in [0.2, 0.25) is 5.13 Å². The summed E-state index contributed by atoms with van der Waals surface area (Å²) < 4.78 is 11.8. The van der Waals surface area contributed by atoms with Crippen LogP contribution in [-0.2, 0) is 15.3 Å². The zero-order valence-electron chi connectivity index (χ0n) is 22.9. The number of nitrogens with zero attached hydrogens (tertiary/aromatic N) is 4. The van der Waals surface area contributed by atoms with E-state index in [9.17, 15) is 14.7 Å². The zero-order valence-corrected chi connectivity index (χ0v) is 26.1. The highest BCUT2D eigenvalue weighted by molar-refractivity contribution is 8.00. The molecule has 1 N–H and O–H groups in total. The molecule has 0 spiro atoms. The summed E-state index contributed by atoms with van der Waals surface area (Å²) >= 11 is 14.9. The highest BCUT2D eigenvalue weighted by atomic mass is 35.5. The predicted octanol–water partition coefficient (Wildman–Crippen LogP) is 6.60. The van der Waals surface area contributed by atoms with Gasteiger partial charge in [-0.05, 0) is 53.6 Å². The molecule has 3 heterocycles. The van der Waals surface area contributed by atoms with Crippen LogP contribution >= 0.6 is 46.3 Å². The average Bonchev–Trinajstić information content (AvgIpc) is 3.57. The van der Waals surface area contributed by atoms with Crippen LogP contribution in [0.25, 0.3) is 5.76 Å². The molecule has 6 rings (SSSR count). The van der Waals surface area contributed by atoms with E-state index in [0.29, 0.717) is 56.0 Å². The van der Waals surface area contributed by atoms with Gasteiger partial charge in [0.15, 0.2) is 15.8 Å². The number of ketones is 1. The number of carbonyl (C=O) groups excluding carboxylic acids is 2. The number of rotatable bonds is 7. The summed E-state index contributed by atoms with van der Waals surface area (Å²) in [6.45, 7) is 0.780. The quantitative estimate of drug-likeness (QED) is 0.0775. The van der Waals surface area contributed by atoms with Gasteiger partial charge in [-0.25, -0.2) is 0 Å². The van der Waals surface area contributed by atoms with Gasteiger partial charge in [0.25, 0.3) is 5.78 Å². The normalized spacial score (nSPS) is 17.4. The van der Waals surface area contributed by atoms with Crippen molar-refractivity contribution in [2.24, 2.45) is 0 Å². The molecule has 2 aliphatic heterocycles. The molecule has 13 heteroatoms. The minimum atomic E-state index is -0.944. The Balaban J connectivity index is 1.39. The number of hydrogen-bond acceptors (Lipinski definition) is 10. The van der Waals surface area contributed by atoms with Crippen LogP contribution < -0.4 is 19.3 Å². The Hall–Kier alpha value is -3.77. The number of Topliss-reactive ketones (excluding diaryl/α,β-unsaturated/α-hetero) is 1. The van der Waals surface area contributed by atoms with Crippen molar-refractivity contribution >= 4 is 74.6 Å². The Morgan fingerprint density at radius 2 is 1.77 bits per heavy atom. The van der Waals surface area contributed by atoms with Crippen molar-refractivity contribution in [1.29, 1.82) is 0 Å². The number of hydrogen-bond donors (Lipinski definition) is 1. The predicted molar refractivity (Wildman–Crippen MR) is 169 cm³/mol. The SMILES string of the molecule is CN(C)c1ccc(C2C(=C(O)c3ccc4c(c3)OCCO4)C(=O)C(=O)N2c2nnc(SCc3ccc(Cl)cc3Cl)s2)cc1. The van der Waals surface area contributed by atoms with Gasteiger partial charge in [-0.3, -0.25) is 14.5 Å². The second kappa shape index (κ2) is 12.1. The Kier molecular flexibility index (Phi) is 8.23. The number of fused-ring (bicyclic) bond motifs is 1. The molecule has 9 nitrogen and oxygen atoms in total. The summed E-state index contributed by atoms with van der Waals surface area (Å²) in [6.07, 6.45) is 0. The van der Waals surface area contributed by atoms with Crippen LogP contribution in [0, 0.1) is 0 Å². The third kappa shape index (κ3) is 5.77. The van der Waals surface area contributed by atoms with Crippen LogP contribution in [-0.4, -0.2) is 54.3 Å². The highest BCUT2D eigenvalue weighted by Gasteiger charge is 2.48. The Morgan fingerprint density at radius 3 is 2.49 bits per heavy atom. The first-order chi connectivity index (χ1) is 20.7. The maximum absolute atomic E-state index is 13.6. The number of thioether (sulfide) groups is 1. The first kappa shape index (κ1) is 29.3. The number of aromatic nitrogens is 2. The summed E-state index contributed by atoms with van der Waals surface area (Å²) in [4.78, 5) is 30.4. The number of carbonyl (C=O) groups is 2. The molecule has 1 amide bonds. The van der Waals surface area contributed by atoms with E-state index in [4.69, 9.17) is 32.7 Å². The zero-order chi connectivity index (χ0) is 30.2. The van der Waals surface area contributed by atoms with Crippen molar-refractivity contribution in [3.63, 3.8) is 0 Å². The van der Waals surface area contributed by atoms with Gasteiger partial charge in [-0.1, -0.05) is 64.5 Å². The molecule has 1 fully saturated rings. The van der Waals surface area contributed by atoms with Crippen LogP contribution in [0.3, 0.4) is 0 Å². The van der Waals surface area contributed by atoms with Crippen molar-refractivity contribution in [3.8, 4) is 11.5 Å². The number of aliphatic hydroxyl groups excluding tert-OH is 1. The molecular formula is C30H24Cl2N4O5S2. The third-order valence-electron chi connectivity index (χ3n) is 6.95. The number of aliphatic hydroxyl groups is 1. The minimum Gasteiger partial charge on any atom is -0.507 e. The largest absolute Gasteiger partial charge is 0.507 e. The summed E-state index contributed by atoms with van der Waals surface area (Å²) in [5.74, 6) is -0.472. The number of halogens is 2. The second-order valence-electron chi connectivity index (χ2n) is 9.89. The van der Waals surface area contributed by atoms with Gasteiger partial charge in [0, 0.05) is 41.1 Å². The number of anilines is 2. The van der Waals surface area contributed by atoms with E-state index in [-0.39, 0.29) is 16.5 Å². The van der Waals surface area contributed by atoms with Gasteiger partial charge >= 0.3 is 5.91 Å². The van der Waals surface area contributed by atoms with Gasteiger partial charge < -0.3 is 19.5 Å². The van der Waals surface area contributed by atoms with Crippen LogP contribution in [0.1, 0.15) is 22.7 Å². The molecule has 1 atom stereocenters. The monoisotopic (exact) mass is 654 g/mol. The molecule has 43 heavy (non-hydrogen) atoms. The van der Waals surface area contributed by atoms with Crippen molar-refractivity contribution in [2.45, 2.75) is 16.1 Å². The Labute approximate surface area is 265 Å². The molecular weight excluding hydrogens is 631 g/mol. The molecule has 0 aliphatic carbocycles. The highest BCUT2D eigenvalue weighted by Crippen LogP contribution is 2.45. The summed E-state index contributed by atoms with van der Waals surface area (Å²) in [7, 11) is 3.83. The van der Waals surface area contributed by atoms with Crippen molar-refractivity contribution in [3.05, 3.63) is 93.0 Å². The van der Waals surface area contributed by atoms with Crippen LogP contribution in [0.5, 0.6) is 11.5 Å². The van der Waals surface area contributed by atoms with Gasteiger partial charge in [0.05, 0.1) is 11.6 Å². The van der Waals surface area contributed by atoms with E-state index in [1.165, 1.54) is 28.0 Å². The maximum atomic E-state index is 13.6.